The van der Waals surface area contributed by atoms with Gasteiger partial charge in [-0.15, -0.1) is 5.10 Å². The summed E-state index contributed by atoms with van der Waals surface area (Å²) < 4.78 is 8.57. The Labute approximate surface area is 118 Å². The maximum atomic E-state index is 5.61. The molecule has 0 aliphatic carbocycles. The number of hydrogen-bond donors (Lipinski definition) is 0. The van der Waals surface area contributed by atoms with Crippen LogP contribution < -0.4 is 4.90 Å². The van der Waals surface area contributed by atoms with Crippen molar-refractivity contribution in [1.29, 1.82) is 0 Å². The van der Waals surface area contributed by atoms with Crippen molar-refractivity contribution >= 4 is 34.1 Å². The van der Waals surface area contributed by atoms with E-state index in [0.717, 1.165) is 28.4 Å². The maximum Gasteiger partial charge on any atom is 0.154 e. The Hall–Kier alpha value is -0.890. The molecule has 2 aromatic heterocycles. The Morgan fingerprint density at radius 2 is 2.00 bits per heavy atom. The number of fused-ring (bicyclic) bond motifs is 3. The van der Waals surface area contributed by atoms with Crippen molar-refractivity contribution in [3.8, 4) is 0 Å². The van der Waals surface area contributed by atoms with E-state index in [2.05, 4.69) is 38.5 Å². The molecule has 18 heavy (non-hydrogen) atoms. The molecule has 5 nitrogen and oxygen atoms in total. The number of rotatable bonds is 1. The number of aromatic nitrogens is 3. The highest BCUT2D eigenvalue weighted by Crippen LogP contribution is 2.32. The van der Waals surface area contributed by atoms with E-state index in [9.17, 15) is 0 Å². The molecule has 4 rings (SSSR count). The summed E-state index contributed by atoms with van der Waals surface area (Å²) in [5.41, 5.74) is 0.906. The van der Waals surface area contributed by atoms with Crippen molar-refractivity contribution < 1.29 is 4.74 Å². The number of anilines is 1. The summed E-state index contributed by atoms with van der Waals surface area (Å²) in [6.45, 7) is 1.66. The number of halogens is 1. The van der Waals surface area contributed by atoms with E-state index in [0.29, 0.717) is 12.1 Å². The van der Waals surface area contributed by atoms with E-state index in [1.165, 1.54) is 12.8 Å². The van der Waals surface area contributed by atoms with Gasteiger partial charge in [-0.3, -0.25) is 0 Å². The fourth-order valence-corrected chi connectivity index (χ4v) is 3.47. The molecule has 0 radical (unpaired) electrons. The predicted octanol–water partition coefficient (Wildman–Crippen LogP) is 1.70. The third-order valence-electron chi connectivity index (χ3n) is 3.81. The van der Waals surface area contributed by atoms with Gasteiger partial charge in [-0.2, -0.15) is 0 Å². The zero-order chi connectivity index (χ0) is 12.1. The van der Waals surface area contributed by atoms with Crippen molar-refractivity contribution in [3.63, 3.8) is 0 Å². The highest BCUT2D eigenvalue weighted by molar-refractivity contribution is 14.1. The number of ether oxygens (including phenoxy) is 1. The zero-order valence-electron chi connectivity index (χ0n) is 9.79. The maximum absolute atomic E-state index is 5.61. The van der Waals surface area contributed by atoms with Crippen molar-refractivity contribution in [3.05, 3.63) is 22.0 Å². The summed E-state index contributed by atoms with van der Waals surface area (Å²) >= 11 is 2.26. The molecule has 2 saturated heterocycles. The standard InChI is InChI=1S/C12H13IN4O/c13-10-5-14-11-3-4-12(15-17(10)11)16-8-1-2-9(16)7-18-6-8/h3-5,8-9H,1-2,6-7H2. The predicted molar refractivity (Wildman–Crippen MR) is 75.8 cm³/mol. The molecule has 6 heteroatoms. The van der Waals surface area contributed by atoms with Gasteiger partial charge in [-0.05, 0) is 47.6 Å². The third kappa shape index (κ3) is 1.55. The van der Waals surface area contributed by atoms with Crippen LogP contribution in [-0.2, 0) is 4.74 Å². The van der Waals surface area contributed by atoms with Gasteiger partial charge in [0.2, 0.25) is 0 Å². The minimum atomic E-state index is 0.495. The Bertz CT molecular complexity index is 583. The lowest BCUT2D eigenvalue weighted by molar-refractivity contribution is 0.0901. The lowest BCUT2D eigenvalue weighted by atomic mass is 10.2. The monoisotopic (exact) mass is 356 g/mol. The number of imidazole rings is 1. The molecule has 2 unspecified atom stereocenters. The van der Waals surface area contributed by atoms with Gasteiger partial charge in [0.05, 0.1) is 31.5 Å². The second kappa shape index (κ2) is 4.06. The van der Waals surface area contributed by atoms with E-state index in [1.54, 1.807) is 0 Å². The molecule has 0 N–H and O–H groups in total. The second-order valence-corrected chi connectivity index (χ2v) is 5.98. The van der Waals surface area contributed by atoms with Crippen molar-refractivity contribution in [2.45, 2.75) is 24.9 Å². The lowest BCUT2D eigenvalue weighted by Gasteiger charge is -2.35. The fraction of sp³-hybridized carbons (Fsp3) is 0.500. The zero-order valence-corrected chi connectivity index (χ0v) is 11.9. The summed E-state index contributed by atoms with van der Waals surface area (Å²) in [7, 11) is 0. The summed E-state index contributed by atoms with van der Waals surface area (Å²) in [6.07, 6.45) is 4.28. The van der Waals surface area contributed by atoms with Crippen molar-refractivity contribution in [2.24, 2.45) is 0 Å². The fourth-order valence-electron chi connectivity index (χ4n) is 2.98. The van der Waals surface area contributed by atoms with Crippen LogP contribution in [0.4, 0.5) is 5.82 Å². The lowest BCUT2D eigenvalue weighted by Crippen LogP contribution is -2.46. The molecule has 0 aromatic carbocycles. The molecular weight excluding hydrogens is 343 g/mol. The Morgan fingerprint density at radius 3 is 2.78 bits per heavy atom. The van der Waals surface area contributed by atoms with Crippen LogP contribution >= 0.6 is 22.6 Å². The highest BCUT2D eigenvalue weighted by atomic mass is 127. The minimum Gasteiger partial charge on any atom is -0.377 e. The Balaban J connectivity index is 1.80. The van der Waals surface area contributed by atoms with Crippen LogP contribution in [0.25, 0.3) is 5.65 Å². The van der Waals surface area contributed by atoms with Gasteiger partial charge >= 0.3 is 0 Å². The van der Waals surface area contributed by atoms with Crippen LogP contribution in [0.1, 0.15) is 12.8 Å². The van der Waals surface area contributed by atoms with E-state index in [-0.39, 0.29) is 0 Å². The van der Waals surface area contributed by atoms with Gasteiger partial charge in [0.1, 0.15) is 9.52 Å². The molecular formula is C12H13IN4O. The SMILES string of the molecule is Ic1cnc2ccc(N3C4CCC3COC4)nn12. The number of nitrogens with zero attached hydrogens (tertiary/aromatic N) is 4. The first-order valence-electron chi connectivity index (χ1n) is 6.19. The van der Waals surface area contributed by atoms with E-state index in [1.807, 2.05) is 16.8 Å². The van der Waals surface area contributed by atoms with E-state index in [4.69, 9.17) is 9.84 Å². The van der Waals surface area contributed by atoms with Gasteiger partial charge in [-0.25, -0.2) is 9.50 Å². The van der Waals surface area contributed by atoms with Gasteiger partial charge in [0, 0.05) is 0 Å². The molecule has 2 bridgehead atoms. The first-order valence-corrected chi connectivity index (χ1v) is 7.27. The van der Waals surface area contributed by atoms with Crippen LogP contribution in [0.15, 0.2) is 18.3 Å². The molecule has 94 valence electrons. The molecule has 2 fully saturated rings. The minimum absolute atomic E-state index is 0.495. The molecule has 0 amide bonds. The van der Waals surface area contributed by atoms with Gasteiger partial charge in [0.15, 0.2) is 5.65 Å². The molecule has 2 aliphatic heterocycles. The largest absolute Gasteiger partial charge is 0.377 e. The van der Waals surface area contributed by atoms with E-state index < -0.39 is 0 Å². The summed E-state index contributed by atoms with van der Waals surface area (Å²) in [5.74, 6) is 1.05. The molecule has 4 heterocycles. The van der Waals surface area contributed by atoms with Crippen LogP contribution in [0, 0.1) is 3.70 Å². The molecule has 2 aromatic rings. The first kappa shape index (κ1) is 11.0. The molecule has 0 saturated carbocycles. The first-order chi connectivity index (χ1) is 8.83. The molecule has 0 spiro atoms. The summed E-state index contributed by atoms with van der Waals surface area (Å²) in [6, 6.07) is 5.11. The average Bonchev–Trinajstić information content (AvgIpc) is 2.88. The van der Waals surface area contributed by atoms with Gasteiger partial charge in [-0.1, -0.05) is 0 Å². The van der Waals surface area contributed by atoms with Crippen LogP contribution in [-0.4, -0.2) is 39.9 Å². The van der Waals surface area contributed by atoms with Crippen molar-refractivity contribution in [2.75, 3.05) is 18.1 Å². The summed E-state index contributed by atoms with van der Waals surface area (Å²) in [4.78, 5) is 6.74. The summed E-state index contributed by atoms with van der Waals surface area (Å²) in [5, 5.41) is 4.72. The smallest absolute Gasteiger partial charge is 0.154 e. The Morgan fingerprint density at radius 1 is 1.22 bits per heavy atom. The second-order valence-electron chi connectivity index (χ2n) is 4.87. The molecule has 2 atom stereocenters. The molecule has 2 aliphatic rings. The van der Waals surface area contributed by atoms with Gasteiger partial charge in [0.25, 0.3) is 0 Å². The number of hydrogen-bond acceptors (Lipinski definition) is 4. The Kier molecular flexibility index (Phi) is 2.47. The average molecular weight is 356 g/mol. The van der Waals surface area contributed by atoms with Crippen LogP contribution in [0.3, 0.4) is 0 Å². The topological polar surface area (TPSA) is 42.7 Å². The quantitative estimate of drug-likeness (QED) is 0.730. The number of morpholine rings is 1. The van der Waals surface area contributed by atoms with Gasteiger partial charge < -0.3 is 9.64 Å². The van der Waals surface area contributed by atoms with Crippen LogP contribution in [0.5, 0.6) is 0 Å². The van der Waals surface area contributed by atoms with E-state index >= 15 is 0 Å². The van der Waals surface area contributed by atoms with Crippen LogP contribution in [0.2, 0.25) is 0 Å². The highest BCUT2D eigenvalue weighted by Gasteiger charge is 2.38. The van der Waals surface area contributed by atoms with Crippen molar-refractivity contribution in [1.82, 2.24) is 14.6 Å². The normalized spacial score (nSPS) is 27.1. The third-order valence-corrected chi connectivity index (χ3v) is 4.55.